The monoisotopic (exact) mass is 289 g/mol. The van der Waals surface area contributed by atoms with Crippen LogP contribution in [0.3, 0.4) is 0 Å². The van der Waals surface area contributed by atoms with Crippen LogP contribution in [0.25, 0.3) is 0 Å². The van der Waals surface area contributed by atoms with Crippen molar-refractivity contribution in [3.8, 4) is 0 Å². The standard InChI is InChI=1S/C18H27NO2/c1-4-14(5-2)11-12-18(3)17(20)21-13-16(19-18)15-9-7-6-8-10-15/h6-10,14,16,19H,4-5,11-13H2,1-3H3/t16-,18+/m1/s1. The molecule has 116 valence electrons. The third-order valence-electron chi connectivity index (χ3n) is 4.73. The van der Waals surface area contributed by atoms with E-state index in [1.165, 1.54) is 18.4 Å². The molecule has 21 heavy (non-hydrogen) atoms. The van der Waals surface area contributed by atoms with E-state index in [0.717, 1.165) is 12.8 Å². The van der Waals surface area contributed by atoms with E-state index in [1.54, 1.807) is 0 Å². The van der Waals surface area contributed by atoms with Gasteiger partial charge in [0.1, 0.15) is 12.1 Å². The number of carbonyl (C=O) groups excluding carboxylic acids is 1. The Kier molecular flexibility index (Phi) is 5.40. The molecule has 0 aromatic heterocycles. The highest BCUT2D eigenvalue weighted by Crippen LogP contribution is 2.29. The van der Waals surface area contributed by atoms with Crippen molar-refractivity contribution < 1.29 is 9.53 Å². The number of esters is 1. The number of cyclic esters (lactones) is 1. The maximum absolute atomic E-state index is 12.2. The number of carbonyl (C=O) groups is 1. The van der Waals surface area contributed by atoms with E-state index in [9.17, 15) is 4.79 Å². The minimum Gasteiger partial charge on any atom is -0.462 e. The van der Waals surface area contributed by atoms with Crippen LogP contribution in [0.2, 0.25) is 0 Å². The van der Waals surface area contributed by atoms with Gasteiger partial charge in [-0.25, -0.2) is 0 Å². The zero-order valence-corrected chi connectivity index (χ0v) is 13.4. The van der Waals surface area contributed by atoms with Crippen molar-refractivity contribution in [2.24, 2.45) is 5.92 Å². The molecule has 1 aromatic rings. The molecule has 0 radical (unpaired) electrons. The van der Waals surface area contributed by atoms with Crippen LogP contribution < -0.4 is 5.32 Å². The lowest BCUT2D eigenvalue weighted by atomic mass is 9.86. The normalized spacial score (nSPS) is 25.9. The summed E-state index contributed by atoms with van der Waals surface area (Å²) in [6.07, 6.45) is 4.24. The first kappa shape index (κ1) is 16.0. The summed E-state index contributed by atoms with van der Waals surface area (Å²) in [6, 6.07) is 10.3. The molecule has 1 aromatic carbocycles. The highest BCUT2D eigenvalue weighted by Gasteiger charge is 2.41. The van der Waals surface area contributed by atoms with Crippen LogP contribution in [-0.4, -0.2) is 18.1 Å². The van der Waals surface area contributed by atoms with E-state index in [4.69, 9.17) is 4.74 Å². The van der Waals surface area contributed by atoms with Crippen molar-refractivity contribution >= 4 is 5.97 Å². The Morgan fingerprint density at radius 3 is 2.57 bits per heavy atom. The summed E-state index contributed by atoms with van der Waals surface area (Å²) in [6.45, 7) is 6.84. The van der Waals surface area contributed by atoms with Gasteiger partial charge in [-0.1, -0.05) is 57.0 Å². The number of hydrogen-bond acceptors (Lipinski definition) is 3. The predicted molar refractivity (Wildman–Crippen MR) is 85.0 cm³/mol. The number of nitrogens with one attached hydrogen (secondary N) is 1. The number of ether oxygens (including phenoxy) is 1. The fourth-order valence-corrected chi connectivity index (χ4v) is 3.03. The molecule has 0 saturated carbocycles. The number of rotatable bonds is 6. The molecule has 0 amide bonds. The Bertz CT molecular complexity index is 456. The van der Waals surface area contributed by atoms with Gasteiger partial charge in [-0.15, -0.1) is 0 Å². The smallest absolute Gasteiger partial charge is 0.326 e. The molecule has 1 aliphatic rings. The Morgan fingerprint density at radius 2 is 1.95 bits per heavy atom. The second kappa shape index (κ2) is 7.08. The number of benzene rings is 1. The highest BCUT2D eigenvalue weighted by atomic mass is 16.5. The number of hydrogen-bond donors (Lipinski definition) is 1. The molecule has 1 heterocycles. The summed E-state index contributed by atoms with van der Waals surface area (Å²) in [7, 11) is 0. The molecule has 0 aliphatic carbocycles. The second-order valence-electron chi connectivity index (χ2n) is 6.26. The molecule has 3 nitrogen and oxygen atoms in total. The zero-order valence-electron chi connectivity index (χ0n) is 13.4. The highest BCUT2D eigenvalue weighted by molar-refractivity contribution is 5.81. The van der Waals surface area contributed by atoms with Crippen molar-refractivity contribution in [2.75, 3.05) is 6.61 Å². The molecule has 0 unspecified atom stereocenters. The quantitative estimate of drug-likeness (QED) is 0.808. The van der Waals surface area contributed by atoms with Crippen LogP contribution in [0.5, 0.6) is 0 Å². The largest absolute Gasteiger partial charge is 0.462 e. The van der Waals surface area contributed by atoms with Gasteiger partial charge in [0.25, 0.3) is 0 Å². The number of morpholine rings is 1. The van der Waals surface area contributed by atoms with Gasteiger partial charge in [0.15, 0.2) is 0 Å². The average molecular weight is 289 g/mol. The summed E-state index contributed by atoms with van der Waals surface area (Å²) in [5.41, 5.74) is 0.611. The lowest BCUT2D eigenvalue weighted by molar-refractivity contribution is -0.158. The Balaban J connectivity index is 2.04. The fraction of sp³-hybridized carbons (Fsp3) is 0.611. The Morgan fingerprint density at radius 1 is 1.29 bits per heavy atom. The summed E-state index contributed by atoms with van der Waals surface area (Å²) in [5.74, 6) is 0.578. The molecular weight excluding hydrogens is 262 g/mol. The van der Waals surface area contributed by atoms with Crippen LogP contribution in [0.1, 0.15) is 58.1 Å². The van der Waals surface area contributed by atoms with Gasteiger partial charge in [0.2, 0.25) is 0 Å². The van der Waals surface area contributed by atoms with Gasteiger partial charge in [0.05, 0.1) is 6.04 Å². The van der Waals surface area contributed by atoms with Gasteiger partial charge in [0, 0.05) is 0 Å². The van der Waals surface area contributed by atoms with Crippen molar-refractivity contribution in [3.63, 3.8) is 0 Å². The maximum Gasteiger partial charge on any atom is 0.326 e. The fourth-order valence-electron chi connectivity index (χ4n) is 3.03. The maximum atomic E-state index is 12.2. The summed E-state index contributed by atoms with van der Waals surface area (Å²) in [4.78, 5) is 12.2. The summed E-state index contributed by atoms with van der Waals surface area (Å²) in [5, 5.41) is 3.52. The Hall–Kier alpha value is -1.35. The first-order valence-corrected chi connectivity index (χ1v) is 8.09. The lowest BCUT2D eigenvalue weighted by Crippen LogP contribution is -2.57. The van der Waals surface area contributed by atoms with Crippen LogP contribution in [0, 0.1) is 5.92 Å². The minimum atomic E-state index is -0.568. The van der Waals surface area contributed by atoms with Crippen molar-refractivity contribution in [3.05, 3.63) is 35.9 Å². The first-order chi connectivity index (χ1) is 10.1. The van der Waals surface area contributed by atoms with Gasteiger partial charge in [-0.3, -0.25) is 10.1 Å². The third kappa shape index (κ3) is 3.85. The van der Waals surface area contributed by atoms with Crippen LogP contribution in [-0.2, 0) is 9.53 Å². The van der Waals surface area contributed by atoms with Crippen molar-refractivity contribution in [1.29, 1.82) is 0 Å². The van der Waals surface area contributed by atoms with Crippen LogP contribution in [0.4, 0.5) is 0 Å². The molecule has 1 fully saturated rings. The molecule has 1 saturated heterocycles. The van der Waals surface area contributed by atoms with E-state index in [-0.39, 0.29) is 12.0 Å². The SMILES string of the molecule is CCC(CC)CC[C@]1(C)N[C@@H](c2ccccc2)COC1=O. The summed E-state index contributed by atoms with van der Waals surface area (Å²) < 4.78 is 5.46. The molecule has 3 heteroatoms. The molecule has 2 atom stereocenters. The van der Waals surface area contributed by atoms with E-state index < -0.39 is 5.54 Å². The molecule has 0 bridgehead atoms. The zero-order chi connectivity index (χ0) is 15.3. The van der Waals surface area contributed by atoms with E-state index in [2.05, 4.69) is 31.3 Å². The van der Waals surface area contributed by atoms with Crippen molar-refractivity contribution in [2.45, 2.75) is 58.0 Å². The van der Waals surface area contributed by atoms with Gasteiger partial charge >= 0.3 is 5.97 Å². The second-order valence-corrected chi connectivity index (χ2v) is 6.26. The van der Waals surface area contributed by atoms with Gasteiger partial charge < -0.3 is 4.74 Å². The molecular formula is C18H27NO2. The average Bonchev–Trinajstić information content (AvgIpc) is 2.52. The van der Waals surface area contributed by atoms with Crippen LogP contribution >= 0.6 is 0 Å². The summed E-state index contributed by atoms with van der Waals surface area (Å²) >= 11 is 0. The molecule has 2 rings (SSSR count). The van der Waals surface area contributed by atoms with Crippen molar-refractivity contribution in [1.82, 2.24) is 5.32 Å². The van der Waals surface area contributed by atoms with Gasteiger partial charge in [-0.2, -0.15) is 0 Å². The van der Waals surface area contributed by atoms with E-state index >= 15 is 0 Å². The molecule has 1 N–H and O–H groups in total. The lowest BCUT2D eigenvalue weighted by Gasteiger charge is -2.38. The van der Waals surface area contributed by atoms with E-state index in [1.807, 2.05) is 25.1 Å². The van der Waals surface area contributed by atoms with Gasteiger partial charge in [-0.05, 0) is 31.2 Å². The minimum absolute atomic E-state index is 0.0932. The topological polar surface area (TPSA) is 38.3 Å². The third-order valence-corrected chi connectivity index (χ3v) is 4.73. The first-order valence-electron chi connectivity index (χ1n) is 8.09. The van der Waals surface area contributed by atoms with Crippen LogP contribution in [0.15, 0.2) is 30.3 Å². The molecule has 1 aliphatic heterocycles. The predicted octanol–water partition coefficient (Wildman–Crippen LogP) is 3.85. The van der Waals surface area contributed by atoms with E-state index in [0.29, 0.717) is 12.5 Å². The molecule has 0 spiro atoms. The Labute approximate surface area is 128 Å².